The Kier molecular flexibility index (Phi) is 4.91. The summed E-state index contributed by atoms with van der Waals surface area (Å²) in [4.78, 5) is 36.1. The smallest absolute Gasteiger partial charge is 0.308 e. The van der Waals surface area contributed by atoms with Gasteiger partial charge in [0.2, 0.25) is 11.8 Å². The predicted molar refractivity (Wildman–Crippen MR) is 69.3 cm³/mol. The first-order valence-corrected chi connectivity index (χ1v) is 6.52. The Balaban J connectivity index is 2.76. The van der Waals surface area contributed by atoms with Gasteiger partial charge in [-0.1, -0.05) is 20.8 Å². The summed E-state index contributed by atoms with van der Waals surface area (Å²) in [6.45, 7) is 7.56. The highest BCUT2D eigenvalue weighted by atomic mass is 16.4. The van der Waals surface area contributed by atoms with Crippen molar-refractivity contribution < 1.29 is 19.5 Å². The molecule has 1 aliphatic rings. The maximum Gasteiger partial charge on any atom is 0.308 e. The largest absolute Gasteiger partial charge is 0.481 e. The molecule has 0 spiro atoms. The fraction of sp³-hybridized carbons (Fsp3) is 0.769. The van der Waals surface area contributed by atoms with E-state index >= 15 is 0 Å². The van der Waals surface area contributed by atoms with Crippen LogP contribution in [0.4, 0.5) is 0 Å². The number of amides is 2. The molecular formula is C13H22N2O4. The fourth-order valence-electron chi connectivity index (χ4n) is 2.40. The van der Waals surface area contributed by atoms with Crippen LogP contribution >= 0.6 is 0 Å². The van der Waals surface area contributed by atoms with Crippen molar-refractivity contribution in [3.8, 4) is 0 Å². The lowest BCUT2D eigenvalue weighted by molar-refractivity contribution is -0.142. The first-order chi connectivity index (χ1) is 8.73. The van der Waals surface area contributed by atoms with Crippen molar-refractivity contribution in [3.63, 3.8) is 0 Å². The number of likely N-dealkylation sites (tertiary alicyclic amines) is 1. The molecule has 3 atom stereocenters. The third-order valence-electron chi connectivity index (χ3n) is 3.53. The first kappa shape index (κ1) is 15.5. The lowest BCUT2D eigenvalue weighted by atomic mass is 9.99. The maximum atomic E-state index is 12.4. The van der Waals surface area contributed by atoms with Gasteiger partial charge in [0, 0.05) is 20.0 Å². The standard InChI is InChI=1S/C13H22N2O4/c1-7(2)11(14-9(4)16)12(17)15-5-8(3)10(6-15)13(18)19/h7-8,10-11H,5-6H2,1-4H3,(H,14,16)(H,18,19). The SMILES string of the molecule is CC(=O)NC(C(=O)N1CC(C)C(C(=O)O)C1)C(C)C. The zero-order valence-corrected chi connectivity index (χ0v) is 11.8. The third-order valence-corrected chi connectivity index (χ3v) is 3.53. The Bertz CT molecular complexity index is 381. The van der Waals surface area contributed by atoms with Crippen LogP contribution in [0, 0.1) is 17.8 Å². The molecule has 1 rings (SSSR count). The van der Waals surface area contributed by atoms with Gasteiger partial charge >= 0.3 is 5.97 Å². The van der Waals surface area contributed by atoms with E-state index in [-0.39, 0.29) is 30.2 Å². The average molecular weight is 270 g/mol. The van der Waals surface area contributed by atoms with E-state index in [1.807, 2.05) is 20.8 Å². The Morgan fingerprint density at radius 2 is 1.84 bits per heavy atom. The average Bonchev–Trinajstić information content (AvgIpc) is 2.66. The molecular weight excluding hydrogens is 248 g/mol. The van der Waals surface area contributed by atoms with Crippen LogP contribution in [-0.2, 0) is 14.4 Å². The van der Waals surface area contributed by atoms with Gasteiger partial charge in [0.1, 0.15) is 6.04 Å². The second-order valence-electron chi connectivity index (χ2n) is 5.59. The van der Waals surface area contributed by atoms with Crippen molar-refractivity contribution in [2.24, 2.45) is 17.8 Å². The van der Waals surface area contributed by atoms with Crippen LogP contribution in [0.15, 0.2) is 0 Å². The topological polar surface area (TPSA) is 86.7 Å². The summed E-state index contributed by atoms with van der Waals surface area (Å²) in [5.41, 5.74) is 0. The minimum Gasteiger partial charge on any atom is -0.481 e. The van der Waals surface area contributed by atoms with E-state index in [1.165, 1.54) is 6.92 Å². The third kappa shape index (κ3) is 3.68. The van der Waals surface area contributed by atoms with Crippen molar-refractivity contribution >= 4 is 17.8 Å². The Morgan fingerprint density at radius 3 is 2.21 bits per heavy atom. The van der Waals surface area contributed by atoms with Crippen LogP contribution in [0.1, 0.15) is 27.7 Å². The minimum atomic E-state index is -0.872. The molecule has 0 saturated carbocycles. The predicted octanol–water partition coefficient (Wildman–Crippen LogP) is 0.326. The lowest BCUT2D eigenvalue weighted by Gasteiger charge is -2.26. The van der Waals surface area contributed by atoms with Crippen molar-refractivity contribution in [3.05, 3.63) is 0 Å². The molecule has 0 aromatic rings. The van der Waals surface area contributed by atoms with Gasteiger partial charge < -0.3 is 15.3 Å². The summed E-state index contributed by atoms with van der Waals surface area (Å²) in [5.74, 6) is -1.94. The van der Waals surface area contributed by atoms with Gasteiger partial charge in [-0.3, -0.25) is 14.4 Å². The summed E-state index contributed by atoms with van der Waals surface area (Å²) < 4.78 is 0. The Morgan fingerprint density at radius 1 is 1.26 bits per heavy atom. The number of nitrogens with one attached hydrogen (secondary N) is 1. The molecule has 6 heteroatoms. The number of carbonyl (C=O) groups excluding carboxylic acids is 2. The van der Waals surface area contributed by atoms with Gasteiger partial charge in [-0.25, -0.2) is 0 Å². The van der Waals surface area contributed by atoms with Crippen LogP contribution in [0.2, 0.25) is 0 Å². The summed E-state index contributed by atoms with van der Waals surface area (Å²) >= 11 is 0. The number of aliphatic carboxylic acids is 1. The van der Waals surface area contributed by atoms with E-state index < -0.39 is 17.9 Å². The van der Waals surface area contributed by atoms with Crippen molar-refractivity contribution in [2.45, 2.75) is 33.7 Å². The van der Waals surface area contributed by atoms with Crippen molar-refractivity contribution in [1.82, 2.24) is 10.2 Å². The molecule has 19 heavy (non-hydrogen) atoms. The number of hydrogen-bond donors (Lipinski definition) is 2. The van der Waals surface area contributed by atoms with Gasteiger partial charge in [-0.2, -0.15) is 0 Å². The second-order valence-corrected chi connectivity index (χ2v) is 5.59. The highest BCUT2D eigenvalue weighted by Crippen LogP contribution is 2.24. The van der Waals surface area contributed by atoms with E-state index in [0.717, 1.165) is 0 Å². The zero-order valence-electron chi connectivity index (χ0n) is 11.8. The molecule has 0 aliphatic carbocycles. The molecule has 1 saturated heterocycles. The molecule has 3 unspecified atom stereocenters. The number of rotatable bonds is 4. The monoisotopic (exact) mass is 270 g/mol. The molecule has 6 nitrogen and oxygen atoms in total. The van der Waals surface area contributed by atoms with Gasteiger partial charge in [-0.05, 0) is 11.8 Å². The van der Waals surface area contributed by atoms with E-state index in [0.29, 0.717) is 6.54 Å². The molecule has 1 aliphatic heterocycles. The highest BCUT2D eigenvalue weighted by Gasteiger charge is 2.39. The van der Waals surface area contributed by atoms with E-state index in [2.05, 4.69) is 5.32 Å². The quantitative estimate of drug-likeness (QED) is 0.770. The summed E-state index contributed by atoms with van der Waals surface area (Å²) in [7, 11) is 0. The van der Waals surface area contributed by atoms with E-state index in [4.69, 9.17) is 5.11 Å². The van der Waals surface area contributed by atoms with Gasteiger partial charge in [0.05, 0.1) is 5.92 Å². The van der Waals surface area contributed by atoms with Crippen LogP contribution in [0.25, 0.3) is 0 Å². The Labute approximate surface area is 113 Å². The van der Waals surface area contributed by atoms with Crippen molar-refractivity contribution in [1.29, 1.82) is 0 Å². The molecule has 0 aromatic carbocycles. The fourth-order valence-corrected chi connectivity index (χ4v) is 2.40. The first-order valence-electron chi connectivity index (χ1n) is 6.52. The number of carboxylic acids is 1. The van der Waals surface area contributed by atoms with E-state index in [9.17, 15) is 14.4 Å². The molecule has 0 bridgehead atoms. The zero-order chi connectivity index (χ0) is 14.7. The maximum absolute atomic E-state index is 12.4. The molecule has 0 radical (unpaired) electrons. The van der Waals surface area contributed by atoms with Gasteiger partial charge in [0.25, 0.3) is 0 Å². The van der Waals surface area contributed by atoms with Gasteiger partial charge in [0.15, 0.2) is 0 Å². The summed E-state index contributed by atoms with van der Waals surface area (Å²) in [6, 6.07) is -0.586. The van der Waals surface area contributed by atoms with Crippen LogP contribution in [0.5, 0.6) is 0 Å². The van der Waals surface area contributed by atoms with Crippen LogP contribution in [-0.4, -0.2) is 46.9 Å². The molecule has 0 aromatic heterocycles. The normalized spacial score (nSPS) is 24.4. The second kappa shape index (κ2) is 6.04. The number of nitrogens with zero attached hydrogens (tertiary/aromatic N) is 1. The summed E-state index contributed by atoms with van der Waals surface area (Å²) in [5, 5.41) is 11.7. The van der Waals surface area contributed by atoms with Gasteiger partial charge in [-0.15, -0.1) is 0 Å². The van der Waals surface area contributed by atoms with Crippen molar-refractivity contribution in [2.75, 3.05) is 13.1 Å². The minimum absolute atomic E-state index is 0.0319. The number of carbonyl (C=O) groups is 3. The number of carboxylic acid groups (broad SMARTS) is 1. The molecule has 1 heterocycles. The summed E-state index contributed by atoms with van der Waals surface area (Å²) in [6.07, 6.45) is 0. The highest BCUT2D eigenvalue weighted by molar-refractivity contribution is 5.88. The lowest BCUT2D eigenvalue weighted by Crippen LogP contribution is -2.50. The molecule has 1 fully saturated rings. The number of hydrogen-bond acceptors (Lipinski definition) is 3. The van der Waals surface area contributed by atoms with E-state index in [1.54, 1.807) is 4.90 Å². The molecule has 108 valence electrons. The van der Waals surface area contributed by atoms with Crippen LogP contribution in [0.3, 0.4) is 0 Å². The van der Waals surface area contributed by atoms with Crippen LogP contribution < -0.4 is 5.32 Å². The molecule has 2 N–H and O–H groups in total. The molecule has 2 amide bonds. The Hall–Kier alpha value is -1.59.